The minimum Gasteiger partial charge on any atom is -0.480 e. The third-order valence-electron chi connectivity index (χ3n) is 5.04. The summed E-state index contributed by atoms with van der Waals surface area (Å²) in [4.78, 5) is 40.5. The van der Waals surface area contributed by atoms with E-state index in [1.165, 1.54) is 0 Å². The fraction of sp³-hybridized carbons (Fsp3) is 0.778. The maximum absolute atomic E-state index is 11.8. The Hall–Kier alpha value is -1.80. The van der Waals surface area contributed by atoms with Gasteiger partial charge < -0.3 is 15.3 Å². The van der Waals surface area contributed by atoms with E-state index in [0.717, 1.165) is 0 Å². The van der Waals surface area contributed by atoms with E-state index < -0.39 is 27.7 Å². The van der Waals surface area contributed by atoms with Crippen LogP contribution in [0.1, 0.15) is 0 Å². The first-order valence-electron chi connectivity index (χ1n) is 10.0. The molecule has 1 heterocycles. The van der Waals surface area contributed by atoms with Gasteiger partial charge in [-0.2, -0.15) is 0 Å². The van der Waals surface area contributed by atoms with E-state index in [9.17, 15) is 33.0 Å². The predicted molar refractivity (Wildman–Crippen MR) is 113 cm³/mol. The summed E-state index contributed by atoms with van der Waals surface area (Å²) in [5.41, 5.74) is 0. The molecule has 0 bridgehead atoms. The van der Waals surface area contributed by atoms with Crippen LogP contribution in [0.4, 0.5) is 0 Å². The van der Waals surface area contributed by atoms with Crippen molar-refractivity contribution in [2.75, 3.05) is 90.0 Å². The first kappa shape index (κ1) is 27.2. The molecule has 0 amide bonds. The molecule has 0 aromatic heterocycles. The molecule has 1 aliphatic rings. The molecular formula is C18H33N4O8S. The first-order valence-corrected chi connectivity index (χ1v) is 11.9. The Labute approximate surface area is 182 Å². The van der Waals surface area contributed by atoms with E-state index in [4.69, 9.17) is 5.11 Å². The van der Waals surface area contributed by atoms with Gasteiger partial charge in [-0.1, -0.05) is 0 Å². The summed E-state index contributed by atoms with van der Waals surface area (Å²) in [7, 11) is -3.28. The van der Waals surface area contributed by atoms with Crippen LogP contribution in [-0.2, 0) is 24.2 Å². The number of nitrogens with zero attached hydrogens (tertiary/aromatic N) is 4. The number of carboxylic acid groups (broad SMARTS) is 3. The van der Waals surface area contributed by atoms with Crippen LogP contribution < -0.4 is 0 Å². The third-order valence-corrected chi connectivity index (χ3v) is 6.46. The summed E-state index contributed by atoms with van der Waals surface area (Å²) in [6.45, 7) is 5.81. The van der Waals surface area contributed by atoms with E-state index in [0.29, 0.717) is 52.4 Å². The highest BCUT2D eigenvalue weighted by Gasteiger charge is 2.20. The standard InChI is InChI=1S/C18H33N4O8S/c1-2-31(29,30)12-11-19-3-5-20(13-16(23)24)7-9-22(15-18(27)28)10-8-21(6-4-19)14-17(25)26/h1-15H2,(H,23,24)(H,25,26)(H,27,28). The molecule has 0 atom stereocenters. The number of rotatable bonds is 10. The monoisotopic (exact) mass is 465 g/mol. The van der Waals surface area contributed by atoms with E-state index in [1.807, 2.05) is 4.90 Å². The summed E-state index contributed by atoms with van der Waals surface area (Å²) in [6.07, 6.45) is 0. The molecule has 1 saturated heterocycles. The van der Waals surface area contributed by atoms with Crippen molar-refractivity contribution in [2.45, 2.75) is 0 Å². The van der Waals surface area contributed by atoms with Crippen molar-refractivity contribution in [1.82, 2.24) is 19.6 Å². The fourth-order valence-corrected chi connectivity index (χ4v) is 3.96. The molecule has 3 N–H and O–H groups in total. The highest BCUT2D eigenvalue weighted by molar-refractivity contribution is 7.91. The van der Waals surface area contributed by atoms with Crippen LogP contribution >= 0.6 is 0 Å². The van der Waals surface area contributed by atoms with Gasteiger partial charge >= 0.3 is 17.9 Å². The zero-order valence-electron chi connectivity index (χ0n) is 17.7. The van der Waals surface area contributed by atoms with Crippen LogP contribution in [0.15, 0.2) is 0 Å². The van der Waals surface area contributed by atoms with Crippen LogP contribution in [0.25, 0.3) is 0 Å². The molecule has 31 heavy (non-hydrogen) atoms. The number of hydrogen-bond donors (Lipinski definition) is 3. The van der Waals surface area contributed by atoms with E-state index in [-0.39, 0.29) is 37.7 Å². The van der Waals surface area contributed by atoms with Crippen LogP contribution in [0.3, 0.4) is 0 Å². The van der Waals surface area contributed by atoms with Crippen molar-refractivity contribution in [3.05, 3.63) is 6.92 Å². The molecule has 1 radical (unpaired) electrons. The normalized spacial score (nSPS) is 19.4. The SMILES string of the molecule is [CH2]CS(=O)(=O)CCN1CCN(CC(=O)O)CCN(CC(=O)O)CCN(CC(=O)O)CC1. The van der Waals surface area contributed by atoms with Gasteiger partial charge in [-0.25, -0.2) is 8.42 Å². The van der Waals surface area contributed by atoms with Gasteiger partial charge in [0.25, 0.3) is 0 Å². The second-order valence-electron chi connectivity index (χ2n) is 7.50. The summed E-state index contributed by atoms with van der Waals surface area (Å²) >= 11 is 0. The zero-order chi connectivity index (χ0) is 23.4. The lowest BCUT2D eigenvalue weighted by molar-refractivity contribution is -0.140. The lowest BCUT2D eigenvalue weighted by atomic mass is 10.3. The summed E-state index contributed by atoms with van der Waals surface area (Å²) < 4.78 is 23.7. The number of carboxylic acids is 3. The number of sulfone groups is 1. The molecule has 0 unspecified atom stereocenters. The quantitative estimate of drug-likeness (QED) is 0.317. The molecule has 0 saturated carbocycles. The molecule has 0 aromatic carbocycles. The first-order chi connectivity index (χ1) is 14.5. The molecule has 0 spiro atoms. The summed E-state index contributed by atoms with van der Waals surface area (Å²) in [5, 5.41) is 27.5. The van der Waals surface area contributed by atoms with Crippen LogP contribution in [0.2, 0.25) is 0 Å². The van der Waals surface area contributed by atoms with E-state index >= 15 is 0 Å². The molecule has 12 nitrogen and oxygen atoms in total. The van der Waals surface area contributed by atoms with Gasteiger partial charge in [0.15, 0.2) is 9.84 Å². The van der Waals surface area contributed by atoms with Crippen molar-refractivity contribution >= 4 is 27.7 Å². The summed E-state index contributed by atoms with van der Waals surface area (Å²) in [5.74, 6) is -3.32. The lowest BCUT2D eigenvalue weighted by Crippen LogP contribution is -2.49. The topological polar surface area (TPSA) is 159 Å². The molecular weight excluding hydrogens is 432 g/mol. The van der Waals surface area contributed by atoms with E-state index in [1.54, 1.807) is 14.7 Å². The predicted octanol–water partition coefficient (Wildman–Crippen LogP) is -2.29. The molecule has 1 fully saturated rings. The molecule has 0 aliphatic carbocycles. The Kier molecular flexibility index (Phi) is 11.9. The Morgan fingerprint density at radius 2 is 0.935 bits per heavy atom. The van der Waals surface area contributed by atoms with Crippen molar-refractivity contribution in [3.8, 4) is 0 Å². The Balaban J connectivity index is 2.95. The Morgan fingerprint density at radius 3 is 1.19 bits per heavy atom. The Bertz CT molecular complexity index is 671. The minimum atomic E-state index is -3.28. The van der Waals surface area contributed by atoms with Crippen molar-refractivity contribution < 1.29 is 38.1 Å². The highest BCUT2D eigenvalue weighted by atomic mass is 32.2. The second kappa shape index (κ2) is 13.6. The average Bonchev–Trinajstić information content (AvgIpc) is 2.66. The molecule has 13 heteroatoms. The number of hydrogen-bond acceptors (Lipinski definition) is 9. The highest BCUT2D eigenvalue weighted by Crippen LogP contribution is 2.02. The van der Waals surface area contributed by atoms with Gasteiger partial charge in [-0.05, 0) is 6.92 Å². The van der Waals surface area contributed by atoms with Gasteiger partial charge in [0.1, 0.15) is 0 Å². The summed E-state index contributed by atoms with van der Waals surface area (Å²) in [6, 6.07) is 0. The maximum Gasteiger partial charge on any atom is 0.317 e. The fourth-order valence-electron chi connectivity index (χ4n) is 3.22. The lowest BCUT2D eigenvalue weighted by Gasteiger charge is -2.33. The minimum absolute atomic E-state index is 0.0826. The maximum atomic E-state index is 11.8. The smallest absolute Gasteiger partial charge is 0.317 e. The second-order valence-corrected chi connectivity index (χ2v) is 9.81. The van der Waals surface area contributed by atoms with Crippen LogP contribution in [-0.4, -0.2) is 151 Å². The van der Waals surface area contributed by atoms with Crippen molar-refractivity contribution in [1.29, 1.82) is 0 Å². The molecule has 0 aromatic rings. The third kappa shape index (κ3) is 12.6. The van der Waals surface area contributed by atoms with Gasteiger partial charge in [0.2, 0.25) is 0 Å². The number of aliphatic carboxylic acids is 3. The van der Waals surface area contributed by atoms with E-state index in [2.05, 4.69) is 6.92 Å². The number of carbonyl (C=O) groups is 3. The van der Waals surface area contributed by atoms with Crippen LogP contribution in [0, 0.1) is 6.92 Å². The van der Waals surface area contributed by atoms with Gasteiger partial charge in [-0.3, -0.25) is 34.0 Å². The zero-order valence-corrected chi connectivity index (χ0v) is 18.5. The molecule has 1 rings (SSSR count). The van der Waals surface area contributed by atoms with Crippen molar-refractivity contribution in [2.24, 2.45) is 0 Å². The van der Waals surface area contributed by atoms with Gasteiger partial charge in [-0.15, -0.1) is 0 Å². The van der Waals surface area contributed by atoms with Crippen LogP contribution in [0.5, 0.6) is 0 Å². The van der Waals surface area contributed by atoms with Gasteiger partial charge in [0.05, 0.1) is 31.1 Å². The van der Waals surface area contributed by atoms with Crippen molar-refractivity contribution in [3.63, 3.8) is 0 Å². The van der Waals surface area contributed by atoms with Gasteiger partial charge in [0, 0.05) is 58.9 Å². The molecule has 179 valence electrons. The largest absolute Gasteiger partial charge is 0.480 e. The molecule has 1 aliphatic heterocycles. The average molecular weight is 466 g/mol. The Morgan fingerprint density at radius 1 is 0.645 bits per heavy atom.